The van der Waals surface area contributed by atoms with Gasteiger partial charge in [0, 0.05) is 39.5 Å². The molecule has 2 heterocycles. The molecular formula is C27H29N3O3. The number of hydrogen-bond donors (Lipinski definition) is 0. The molecule has 1 aliphatic heterocycles. The molecule has 6 heteroatoms. The summed E-state index contributed by atoms with van der Waals surface area (Å²) >= 11 is 0. The van der Waals surface area contributed by atoms with Crippen molar-refractivity contribution < 1.29 is 14.3 Å². The lowest BCUT2D eigenvalue weighted by Gasteiger charge is -2.42. The van der Waals surface area contributed by atoms with Crippen molar-refractivity contribution in [2.75, 3.05) is 33.8 Å². The Kier molecular flexibility index (Phi) is 6.56. The van der Waals surface area contributed by atoms with Gasteiger partial charge in [-0.2, -0.15) is 0 Å². The molecule has 0 N–H and O–H groups in total. The van der Waals surface area contributed by atoms with Crippen molar-refractivity contribution in [2.45, 2.75) is 18.9 Å². The lowest BCUT2D eigenvalue weighted by Crippen LogP contribution is -2.61. The van der Waals surface area contributed by atoms with E-state index in [0.29, 0.717) is 25.1 Å². The number of benzene rings is 2. The standard InChI is InChI=1S/C27H29N3O3/c1-20-6-4-7-23(16-20)22-11-9-21(10-12-22)17-27(26(32)29(2)3)19-30(14-15-33-27)25(31)24-8-5-13-28-18-24/h4-13,16,18H,14-15,17,19H2,1-3H3/t27-/m0/s1. The highest BCUT2D eigenvalue weighted by atomic mass is 16.5. The van der Waals surface area contributed by atoms with Gasteiger partial charge in [0.25, 0.3) is 11.8 Å². The first kappa shape index (κ1) is 22.7. The fourth-order valence-corrected chi connectivity index (χ4v) is 4.32. The van der Waals surface area contributed by atoms with Crippen molar-refractivity contribution in [3.63, 3.8) is 0 Å². The first-order chi connectivity index (χ1) is 15.9. The Morgan fingerprint density at radius 2 is 1.85 bits per heavy atom. The Bertz CT molecular complexity index is 1130. The Morgan fingerprint density at radius 3 is 2.52 bits per heavy atom. The number of amides is 2. The third-order valence-electron chi connectivity index (χ3n) is 5.97. The van der Waals surface area contributed by atoms with Crippen LogP contribution in [0.4, 0.5) is 0 Å². The Hall–Kier alpha value is -3.51. The Labute approximate surface area is 194 Å². The molecule has 170 valence electrons. The van der Waals surface area contributed by atoms with Gasteiger partial charge in [-0.3, -0.25) is 14.6 Å². The van der Waals surface area contributed by atoms with Crippen LogP contribution in [-0.4, -0.2) is 66.0 Å². The van der Waals surface area contributed by atoms with E-state index in [4.69, 9.17) is 4.74 Å². The van der Waals surface area contributed by atoms with Crippen LogP contribution in [0.15, 0.2) is 73.1 Å². The Balaban J connectivity index is 1.59. The number of morpholine rings is 1. The first-order valence-corrected chi connectivity index (χ1v) is 11.1. The van der Waals surface area contributed by atoms with Gasteiger partial charge in [-0.15, -0.1) is 0 Å². The minimum Gasteiger partial charge on any atom is -0.361 e. The van der Waals surface area contributed by atoms with Gasteiger partial charge in [0.1, 0.15) is 0 Å². The molecule has 2 aromatic carbocycles. The predicted molar refractivity (Wildman–Crippen MR) is 128 cm³/mol. The molecule has 0 unspecified atom stereocenters. The molecule has 0 radical (unpaired) electrons. The van der Waals surface area contributed by atoms with Gasteiger partial charge in [0.15, 0.2) is 5.60 Å². The minimum absolute atomic E-state index is 0.142. The second-order valence-corrected chi connectivity index (χ2v) is 8.75. The van der Waals surface area contributed by atoms with E-state index in [2.05, 4.69) is 42.2 Å². The second-order valence-electron chi connectivity index (χ2n) is 8.75. The lowest BCUT2D eigenvalue weighted by molar-refractivity contribution is -0.165. The second kappa shape index (κ2) is 9.55. The van der Waals surface area contributed by atoms with Gasteiger partial charge in [0.2, 0.25) is 0 Å². The van der Waals surface area contributed by atoms with Crippen LogP contribution in [0.25, 0.3) is 11.1 Å². The van der Waals surface area contributed by atoms with E-state index < -0.39 is 5.60 Å². The summed E-state index contributed by atoms with van der Waals surface area (Å²) in [5.41, 5.74) is 3.84. The van der Waals surface area contributed by atoms with Crippen LogP contribution < -0.4 is 0 Å². The number of carbonyl (C=O) groups excluding carboxylic acids is 2. The highest BCUT2D eigenvalue weighted by Crippen LogP contribution is 2.28. The number of hydrogen-bond acceptors (Lipinski definition) is 4. The van der Waals surface area contributed by atoms with E-state index in [1.54, 1.807) is 48.4 Å². The normalized spacial score (nSPS) is 18.1. The number of aryl methyl sites for hydroxylation is 1. The molecule has 0 spiro atoms. The zero-order valence-electron chi connectivity index (χ0n) is 19.3. The summed E-state index contributed by atoms with van der Waals surface area (Å²) in [5.74, 6) is -0.286. The molecule has 1 saturated heterocycles. The van der Waals surface area contributed by atoms with Crippen LogP contribution in [0.5, 0.6) is 0 Å². The van der Waals surface area contributed by atoms with Crippen molar-refractivity contribution in [3.05, 3.63) is 89.7 Å². The van der Waals surface area contributed by atoms with Crippen molar-refractivity contribution in [1.82, 2.24) is 14.8 Å². The van der Waals surface area contributed by atoms with Crippen molar-refractivity contribution in [2.24, 2.45) is 0 Å². The summed E-state index contributed by atoms with van der Waals surface area (Å²) in [6, 6.07) is 20.1. The number of ether oxygens (including phenoxy) is 1. The smallest absolute Gasteiger partial charge is 0.256 e. The molecule has 1 aromatic heterocycles. The molecular weight excluding hydrogens is 414 g/mol. The fourth-order valence-electron chi connectivity index (χ4n) is 4.32. The molecule has 4 rings (SSSR count). The van der Waals surface area contributed by atoms with E-state index in [9.17, 15) is 9.59 Å². The monoisotopic (exact) mass is 443 g/mol. The summed E-state index contributed by atoms with van der Waals surface area (Å²) in [7, 11) is 3.44. The van der Waals surface area contributed by atoms with Crippen LogP contribution in [0.1, 0.15) is 21.5 Å². The lowest BCUT2D eigenvalue weighted by atomic mass is 9.89. The number of pyridine rings is 1. The van der Waals surface area contributed by atoms with Crippen LogP contribution in [0.2, 0.25) is 0 Å². The van der Waals surface area contributed by atoms with Gasteiger partial charge in [0.05, 0.1) is 18.7 Å². The highest BCUT2D eigenvalue weighted by Gasteiger charge is 2.46. The SMILES string of the molecule is Cc1cccc(-c2ccc(C[C@@]3(C(=O)N(C)C)CN(C(=O)c4cccnc4)CCO3)cc2)c1. The number of likely N-dealkylation sites (N-methyl/N-ethyl adjacent to an activating group) is 1. The van der Waals surface area contributed by atoms with Crippen molar-refractivity contribution in [3.8, 4) is 11.1 Å². The molecule has 1 aliphatic rings. The van der Waals surface area contributed by atoms with Crippen LogP contribution >= 0.6 is 0 Å². The van der Waals surface area contributed by atoms with Gasteiger partial charge in [-0.05, 0) is 35.7 Å². The topological polar surface area (TPSA) is 62.7 Å². The molecule has 33 heavy (non-hydrogen) atoms. The van der Waals surface area contributed by atoms with E-state index in [1.165, 1.54) is 5.56 Å². The third kappa shape index (κ3) is 4.96. The van der Waals surface area contributed by atoms with Crippen LogP contribution in [-0.2, 0) is 16.0 Å². The summed E-state index contributed by atoms with van der Waals surface area (Å²) in [4.78, 5) is 33.7. The average molecular weight is 444 g/mol. The number of aromatic nitrogens is 1. The summed E-state index contributed by atoms with van der Waals surface area (Å²) in [5, 5.41) is 0. The van der Waals surface area contributed by atoms with E-state index in [-0.39, 0.29) is 18.4 Å². The predicted octanol–water partition coefficient (Wildman–Crippen LogP) is 3.60. The third-order valence-corrected chi connectivity index (χ3v) is 5.97. The molecule has 1 fully saturated rings. The Morgan fingerprint density at radius 1 is 1.06 bits per heavy atom. The molecule has 0 bridgehead atoms. The van der Waals surface area contributed by atoms with Gasteiger partial charge in [-0.25, -0.2) is 0 Å². The number of rotatable bonds is 5. The van der Waals surface area contributed by atoms with Gasteiger partial charge < -0.3 is 14.5 Å². The largest absolute Gasteiger partial charge is 0.361 e. The van der Waals surface area contributed by atoms with Crippen molar-refractivity contribution >= 4 is 11.8 Å². The summed E-state index contributed by atoms with van der Waals surface area (Å²) < 4.78 is 6.14. The number of nitrogens with zero attached hydrogens (tertiary/aromatic N) is 3. The zero-order valence-corrected chi connectivity index (χ0v) is 19.3. The van der Waals surface area contributed by atoms with Gasteiger partial charge >= 0.3 is 0 Å². The van der Waals surface area contributed by atoms with E-state index >= 15 is 0 Å². The summed E-state index contributed by atoms with van der Waals surface area (Å²) in [6.07, 6.45) is 3.57. The van der Waals surface area contributed by atoms with Crippen molar-refractivity contribution in [1.29, 1.82) is 0 Å². The fraction of sp³-hybridized carbons (Fsp3) is 0.296. The molecule has 0 saturated carbocycles. The summed E-state index contributed by atoms with van der Waals surface area (Å²) in [6.45, 7) is 3.00. The van der Waals surface area contributed by atoms with E-state index in [0.717, 1.165) is 16.7 Å². The molecule has 2 amide bonds. The molecule has 1 atom stereocenters. The quantitative estimate of drug-likeness (QED) is 0.605. The maximum Gasteiger partial charge on any atom is 0.256 e. The maximum absolute atomic E-state index is 13.3. The minimum atomic E-state index is -1.13. The molecule has 0 aliphatic carbocycles. The molecule has 3 aromatic rings. The first-order valence-electron chi connectivity index (χ1n) is 11.1. The maximum atomic E-state index is 13.3. The number of carbonyl (C=O) groups is 2. The average Bonchev–Trinajstić information content (AvgIpc) is 2.84. The molecule has 6 nitrogen and oxygen atoms in total. The zero-order chi connectivity index (χ0) is 23.4. The van der Waals surface area contributed by atoms with E-state index in [1.807, 2.05) is 18.2 Å². The van der Waals surface area contributed by atoms with Crippen LogP contribution in [0, 0.1) is 6.92 Å². The van der Waals surface area contributed by atoms with Gasteiger partial charge in [-0.1, -0.05) is 54.1 Å². The van der Waals surface area contributed by atoms with Crippen LogP contribution in [0.3, 0.4) is 0 Å². The highest BCUT2D eigenvalue weighted by molar-refractivity contribution is 5.95.